The predicted octanol–water partition coefficient (Wildman–Crippen LogP) is 3.91. The summed E-state index contributed by atoms with van der Waals surface area (Å²) in [7, 11) is 0. The van der Waals surface area contributed by atoms with Crippen LogP contribution in [-0.2, 0) is 0 Å². The molecule has 0 aliphatic rings. The molecule has 2 rings (SSSR count). The van der Waals surface area contributed by atoms with E-state index in [0.29, 0.717) is 16.4 Å². The topological polar surface area (TPSA) is 62.2 Å². The molecule has 0 saturated carbocycles. The van der Waals surface area contributed by atoms with Crippen LogP contribution in [-0.4, -0.2) is 16.1 Å². The van der Waals surface area contributed by atoms with Gasteiger partial charge >= 0.3 is 5.97 Å². The van der Waals surface area contributed by atoms with E-state index in [9.17, 15) is 9.90 Å². The van der Waals surface area contributed by atoms with Crippen molar-refractivity contribution in [1.82, 2.24) is 4.98 Å². The van der Waals surface area contributed by atoms with Gasteiger partial charge in [0.05, 0.1) is 0 Å². The Labute approximate surface area is 122 Å². The van der Waals surface area contributed by atoms with Crippen molar-refractivity contribution >= 4 is 23.4 Å². The Morgan fingerprint density at radius 1 is 1.30 bits per heavy atom. The molecule has 0 saturated heterocycles. The number of benzene rings is 1. The summed E-state index contributed by atoms with van der Waals surface area (Å²) in [5.74, 6) is -0.610. The molecule has 1 unspecified atom stereocenters. The molecule has 0 aliphatic heterocycles. The van der Waals surface area contributed by atoms with E-state index in [0.717, 1.165) is 5.56 Å². The molecule has 0 fully saturated rings. The molecule has 0 bridgehead atoms. The van der Waals surface area contributed by atoms with Crippen molar-refractivity contribution < 1.29 is 9.90 Å². The molecule has 20 heavy (non-hydrogen) atoms. The van der Waals surface area contributed by atoms with Crippen LogP contribution in [0.2, 0.25) is 5.02 Å². The number of hydrogen-bond donors (Lipinski definition) is 2. The van der Waals surface area contributed by atoms with Gasteiger partial charge < -0.3 is 10.4 Å². The first-order valence-electron chi connectivity index (χ1n) is 6.20. The van der Waals surface area contributed by atoms with Crippen molar-refractivity contribution in [2.75, 3.05) is 5.32 Å². The van der Waals surface area contributed by atoms with Crippen LogP contribution in [0.3, 0.4) is 0 Å². The maximum Gasteiger partial charge on any atom is 0.339 e. The summed E-state index contributed by atoms with van der Waals surface area (Å²) in [6.45, 7) is 3.70. The van der Waals surface area contributed by atoms with E-state index in [1.807, 2.05) is 19.1 Å². The molecule has 2 aromatic rings. The lowest BCUT2D eigenvalue weighted by Gasteiger charge is -2.17. The van der Waals surface area contributed by atoms with E-state index >= 15 is 0 Å². The van der Waals surface area contributed by atoms with Gasteiger partial charge in [0, 0.05) is 17.3 Å². The molecule has 5 heteroatoms. The van der Waals surface area contributed by atoms with Gasteiger partial charge in [0.15, 0.2) is 0 Å². The van der Waals surface area contributed by atoms with Gasteiger partial charge in [0.2, 0.25) is 0 Å². The number of aromatic nitrogens is 1. The number of pyridine rings is 1. The number of carboxylic acids is 1. The van der Waals surface area contributed by atoms with Crippen LogP contribution >= 0.6 is 11.6 Å². The zero-order valence-electron chi connectivity index (χ0n) is 11.2. The summed E-state index contributed by atoms with van der Waals surface area (Å²) in [4.78, 5) is 15.4. The number of aromatic carboxylic acids is 1. The van der Waals surface area contributed by atoms with E-state index in [2.05, 4.69) is 10.3 Å². The molecule has 1 aromatic heterocycles. The number of rotatable bonds is 4. The number of carboxylic acid groups (broad SMARTS) is 1. The van der Waals surface area contributed by atoms with Crippen LogP contribution in [0, 0.1) is 6.92 Å². The van der Waals surface area contributed by atoms with Crippen molar-refractivity contribution in [2.24, 2.45) is 0 Å². The first kappa shape index (κ1) is 14.3. The molecule has 4 nitrogen and oxygen atoms in total. The third-order valence-electron chi connectivity index (χ3n) is 3.10. The molecule has 0 aliphatic carbocycles. The Morgan fingerprint density at radius 3 is 2.55 bits per heavy atom. The van der Waals surface area contributed by atoms with E-state index in [-0.39, 0.29) is 11.6 Å². The second-order valence-electron chi connectivity index (χ2n) is 4.57. The fourth-order valence-corrected chi connectivity index (χ4v) is 2.10. The fraction of sp³-hybridized carbons (Fsp3) is 0.200. The Hall–Kier alpha value is -2.07. The Kier molecular flexibility index (Phi) is 4.25. The Balaban J connectivity index is 2.28. The van der Waals surface area contributed by atoms with Crippen LogP contribution in [0.4, 0.5) is 5.82 Å². The lowest BCUT2D eigenvalue weighted by atomic mass is 10.1. The van der Waals surface area contributed by atoms with Crippen LogP contribution < -0.4 is 5.32 Å². The normalized spacial score (nSPS) is 11.9. The number of nitrogens with zero attached hydrogens (tertiary/aromatic N) is 1. The van der Waals surface area contributed by atoms with Crippen molar-refractivity contribution in [3.63, 3.8) is 0 Å². The van der Waals surface area contributed by atoms with Crippen LogP contribution in [0.15, 0.2) is 36.5 Å². The molecule has 104 valence electrons. The van der Waals surface area contributed by atoms with Crippen LogP contribution in [0.25, 0.3) is 0 Å². The van der Waals surface area contributed by atoms with Crippen molar-refractivity contribution in [3.8, 4) is 0 Å². The largest absolute Gasteiger partial charge is 0.478 e. The average Bonchev–Trinajstić information content (AvgIpc) is 2.39. The van der Waals surface area contributed by atoms with E-state index < -0.39 is 5.97 Å². The summed E-state index contributed by atoms with van der Waals surface area (Å²) in [5.41, 5.74) is 1.89. The smallest absolute Gasteiger partial charge is 0.339 e. The van der Waals surface area contributed by atoms with Crippen molar-refractivity contribution in [1.29, 1.82) is 0 Å². The maximum absolute atomic E-state index is 11.3. The maximum atomic E-state index is 11.3. The quantitative estimate of drug-likeness (QED) is 0.896. The highest BCUT2D eigenvalue weighted by molar-refractivity contribution is 6.30. The van der Waals surface area contributed by atoms with Gasteiger partial charge in [-0.05, 0) is 43.2 Å². The zero-order chi connectivity index (χ0) is 14.7. The third-order valence-corrected chi connectivity index (χ3v) is 3.35. The molecule has 0 amide bonds. The number of aryl methyl sites for hydroxylation is 1. The minimum Gasteiger partial charge on any atom is -0.478 e. The van der Waals surface area contributed by atoms with Gasteiger partial charge in [-0.2, -0.15) is 0 Å². The third kappa shape index (κ3) is 3.08. The molecule has 2 N–H and O–H groups in total. The number of halogens is 1. The molecular formula is C15H15ClN2O2. The fourth-order valence-electron chi connectivity index (χ4n) is 1.98. The van der Waals surface area contributed by atoms with Gasteiger partial charge in [-0.15, -0.1) is 0 Å². The minimum absolute atomic E-state index is 0.0698. The number of hydrogen-bond acceptors (Lipinski definition) is 3. The second-order valence-corrected chi connectivity index (χ2v) is 5.01. The number of nitrogens with one attached hydrogen (secondary N) is 1. The standard InChI is InChI=1S/C15H15ClN2O2/c1-9-7-8-17-14(13(9)15(19)20)18-10(2)11-3-5-12(16)6-4-11/h3-8,10H,1-2H3,(H,17,18)(H,19,20). The van der Waals surface area contributed by atoms with Gasteiger partial charge in [0.25, 0.3) is 0 Å². The van der Waals surface area contributed by atoms with Crippen molar-refractivity contribution in [3.05, 3.63) is 58.2 Å². The summed E-state index contributed by atoms with van der Waals surface area (Å²) >= 11 is 5.85. The summed E-state index contributed by atoms with van der Waals surface area (Å²) < 4.78 is 0. The van der Waals surface area contributed by atoms with Gasteiger partial charge in [-0.1, -0.05) is 23.7 Å². The summed E-state index contributed by atoms with van der Waals surface area (Å²) in [6, 6.07) is 9.02. The number of anilines is 1. The molecule has 0 spiro atoms. The molecule has 1 atom stereocenters. The van der Waals surface area contributed by atoms with E-state index in [1.54, 1.807) is 31.3 Å². The molecular weight excluding hydrogens is 276 g/mol. The minimum atomic E-state index is -0.985. The van der Waals surface area contributed by atoms with Crippen LogP contribution in [0.5, 0.6) is 0 Å². The molecule has 0 radical (unpaired) electrons. The summed E-state index contributed by atoms with van der Waals surface area (Å²) in [5, 5.41) is 13.1. The van der Waals surface area contributed by atoms with Crippen LogP contribution in [0.1, 0.15) is 34.5 Å². The highest BCUT2D eigenvalue weighted by Gasteiger charge is 2.16. The van der Waals surface area contributed by atoms with Crippen molar-refractivity contribution in [2.45, 2.75) is 19.9 Å². The highest BCUT2D eigenvalue weighted by Crippen LogP contribution is 2.23. The van der Waals surface area contributed by atoms with Gasteiger partial charge in [-0.25, -0.2) is 9.78 Å². The first-order valence-corrected chi connectivity index (χ1v) is 6.57. The zero-order valence-corrected chi connectivity index (χ0v) is 12.0. The summed E-state index contributed by atoms with van der Waals surface area (Å²) in [6.07, 6.45) is 1.60. The van der Waals surface area contributed by atoms with E-state index in [1.165, 1.54) is 0 Å². The average molecular weight is 291 g/mol. The monoisotopic (exact) mass is 290 g/mol. The number of carbonyl (C=O) groups is 1. The highest BCUT2D eigenvalue weighted by atomic mass is 35.5. The van der Waals surface area contributed by atoms with Gasteiger partial charge in [-0.3, -0.25) is 0 Å². The lowest BCUT2D eigenvalue weighted by Crippen LogP contribution is -2.13. The molecule has 1 aromatic carbocycles. The first-order chi connectivity index (χ1) is 9.49. The second kappa shape index (κ2) is 5.92. The van der Waals surface area contributed by atoms with Gasteiger partial charge in [0.1, 0.15) is 11.4 Å². The lowest BCUT2D eigenvalue weighted by molar-refractivity contribution is 0.0697. The Bertz CT molecular complexity index is 626. The Morgan fingerprint density at radius 2 is 1.95 bits per heavy atom. The van der Waals surface area contributed by atoms with E-state index in [4.69, 9.17) is 11.6 Å². The predicted molar refractivity (Wildman–Crippen MR) is 79.4 cm³/mol. The molecule has 1 heterocycles. The SMILES string of the molecule is Cc1ccnc(NC(C)c2ccc(Cl)cc2)c1C(=O)O.